The molecule has 0 aromatic rings. The van der Waals surface area contributed by atoms with E-state index >= 15 is 0 Å². The van der Waals surface area contributed by atoms with Gasteiger partial charge in [0.15, 0.2) is 0 Å². The Bertz CT molecular complexity index is 333. The summed E-state index contributed by atoms with van der Waals surface area (Å²) in [4.78, 5) is 14.0. The molecule has 2 fully saturated rings. The predicted molar refractivity (Wildman–Crippen MR) is 76.2 cm³/mol. The second kappa shape index (κ2) is 5.31. The van der Waals surface area contributed by atoms with Crippen molar-refractivity contribution in [3.05, 3.63) is 0 Å². The molecular weight excluding hydrogens is 240 g/mol. The van der Waals surface area contributed by atoms with E-state index in [-0.39, 0.29) is 17.0 Å². The highest BCUT2D eigenvalue weighted by molar-refractivity contribution is 5.76. The molecule has 1 saturated carbocycles. The van der Waals surface area contributed by atoms with E-state index in [2.05, 4.69) is 33.0 Å². The molecule has 1 aliphatic carbocycles. The number of rotatable bonds is 4. The molecule has 0 aromatic carbocycles. The first kappa shape index (κ1) is 14.6. The lowest BCUT2D eigenvalue weighted by molar-refractivity contribution is -0.0810. The molecule has 0 unspecified atom stereocenters. The van der Waals surface area contributed by atoms with Crippen LogP contribution in [0, 0.1) is 5.41 Å². The zero-order valence-electron chi connectivity index (χ0n) is 12.8. The largest absolute Gasteiger partial charge is 0.376 e. The molecule has 0 bridgehead atoms. The lowest BCUT2D eigenvalue weighted by atomic mass is 9.65. The number of carbonyl (C=O) groups is 1. The third-order valence-electron chi connectivity index (χ3n) is 5.16. The van der Waals surface area contributed by atoms with Gasteiger partial charge >= 0.3 is 6.03 Å². The SMILES string of the molecule is CC1(C)CN(C(=O)NCCOC2CCCC2)C1(C)C. The average molecular weight is 268 g/mol. The number of nitrogens with zero attached hydrogens (tertiary/aromatic N) is 1. The van der Waals surface area contributed by atoms with Crippen molar-refractivity contribution in [2.45, 2.75) is 65.0 Å². The fraction of sp³-hybridized carbons (Fsp3) is 0.933. The molecule has 1 heterocycles. The van der Waals surface area contributed by atoms with Crippen LogP contribution in [-0.4, -0.2) is 42.3 Å². The Balaban J connectivity index is 1.65. The van der Waals surface area contributed by atoms with Crippen molar-refractivity contribution in [1.29, 1.82) is 0 Å². The second-order valence-corrected chi connectivity index (χ2v) is 7.04. The van der Waals surface area contributed by atoms with Gasteiger partial charge < -0.3 is 15.0 Å². The molecule has 4 heteroatoms. The van der Waals surface area contributed by atoms with Crippen molar-refractivity contribution in [2.75, 3.05) is 19.7 Å². The van der Waals surface area contributed by atoms with Gasteiger partial charge in [-0.2, -0.15) is 0 Å². The van der Waals surface area contributed by atoms with Gasteiger partial charge in [-0.25, -0.2) is 4.79 Å². The number of nitrogens with one attached hydrogen (secondary N) is 1. The zero-order chi connectivity index (χ0) is 14.1. The van der Waals surface area contributed by atoms with Gasteiger partial charge in [-0.1, -0.05) is 26.7 Å². The van der Waals surface area contributed by atoms with Gasteiger partial charge in [0.1, 0.15) is 0 Å². The number of hydrogen-bond acceptors (Lipinski definition) is 2. The quantitative estimate of drug-likeness (QED) is 0.797. The smallest absolute Gasteiger partial charge is 0.317 e. The number of amides is 2. The number of carbonyl (C=O) groups excluding carboxylic acids is 1. The topological polar surface area (TPSA) is 41.6 Å². The minimum Gasteiger partial charge on any atom is -0.376 e. The fourth-order valence-electron chi connectivity index (χ4n) is 2.92. The van der Waals surface area contributed by atoms with E-state index in [1.165, 1.54) is 25.7 Å². The maximum absolute atomic E-state index is 12.1. The van der Waals surface area contributed by atoms with Crippen molar-refractivity contribution in [3.8, 4) is 0 Å². The van der Waals surface area contributed by atoms with Gasteiger partial charge in [-0.3, -0.25) is 0 Å². The van der Waals surface area contributed by atoms with Gasteiger partial charge in [0, 0.05) is 24.0 Å². The normalized spacial score (nSPS) is 25.2. The Kier molecular flexibility index (Phi) is 4.09. The molecule has 2 amide bonds. The summed E-state index contributed by atoms with van der Waals surface area (Å²) in [6.45, 7) is 10.8. The van der Waals surface area contributed by atoms with E-state index in [1.807, 2.05) is 4.90 Å². The van der Waals surface area contributed by atoms with Gasteiger partial charge in [-0.05, 0) is 26.7 Å². The van der Waals surface area contributed by atoms with E-state index in [1.54, 1.807) is 0 Å². The molecule has 110 valence electrons. The van der Waals surface area contributed by atoms with Crippen LogP contribution in [0.4, 0.5) is 4.79 Å². The second-order valence-electron chi connectivity index (χ2n) is 7.04. The highest BCUT2D eigenvalue weighted by Crippen LogP contribution is 2.46. The summed E-state index contributed by atoms with van der Waals surface area (Å²) in [5.41, 5.74) is 0.133. The van der Waals surface area contributed by atoms with E-state index in [4.69, 9.17) is 4.74 Å². The van der Waals surface area contributed by atoms with Crippen LogP contribution in [-0.2, 0) is 4.74 Å². The lowest BCUT2D eigenvalue weighted by Crippen LogP contribution is -2.72. The Morgan fingerprint density at radius 3 is 2.42 bits per heavy atom. The van der Waals surface area contributed by atoms with Crippen LogP contribution in [0.3, 0.4) is 0 Å². The van der Waals surface area contributed by atoms with Crippen LogP contribution < -0.4 is 5.32 Å². The Labute approximate surface area is 116 Å². The van der Waals surface area contributed by atoms with Gasteiger partial charge in [0.2, 0.25) is 0 Å². The maximum atomic E-state index is 12.1. The molecule has 4 nitrogen and oxygen atoms in total. The predicted octanol–water partition coefficient (Wildman–Crippen LogP) is 2.78. The van der Waals surface area contributed by atoms with Crippen LogP contribution >= 0.6 is 0 Å². The standard InChI is InChI=1S/C15H28N2O2/c1-14(2)11-17(15(14,3)4)13(18)16-9-10-19-12-7-5-6-8-12/h12H,5-11H2,1-4H3,(H,16,18). The number of urea groups is 1. The highest BCUT2D eigenvalue weighted by Gasteiger charge is 2.54. The van der Waals surface area contributed by atoms with E-state index in [0.717, 1.165) is 6.54 Å². The Morgan fingerprint density at radius 2 is 1.89 bits per heavy atom. The van der Waals surface area contributed by atoms with Gasteiger partial charge in [0.05, 0.1) is 12.7 Å². The maximum Gasteiger partial charge on any atom is 0.317 e. The van der Waals surface area contributed by atoms with E-state index in [0.29, 0.717) is 19.3 Å². The van der Waals surface area contributed by atoms with Crippen molar-refractivity contribution < 1.29 is 9.53 Å². The number of ether oxygens (including phenoxy) is 1. The van der Waals surface area contributed by atoms with E-state index in [9.17, 15) is 4.79 Å². The van der Waals surface area contributed by atoms with Gasteiger partial charge in [-0.15, -0.1) is 0 Å². The molecule has 1 aliphatic heterocycles. The summed E-state index contributed by atoms with van der Waals surface area (Å²) in [6.07, 6.45) is 5.36. The minimum atomic E-state index is -0.0661. The average Bonchev–Trinajstić information content (AvgIpc) is 2.84. The highest BCUT2D eigenvalue weighted by atomic mass is 16.5. The number of likely N-dealkylation sites (tertiary alicyclic amines) is 1. The molecule has 0 spiro atoms. The first-order chi connectivity index (χ1) is 8.84. The molecule has 1 saturated heterocycles. The fourth-order valence-corrected chi connectivity index (χ4v) is 2.92. The van der Waals surface area contributed by atoms with Crippen LogP contribution in [0.1, 0.15) is 53.4 Å². The summed E-state index contributed by atoms with van der Waals surface area (Å²) in [7, 11) is 0. The molecular formula is C15H28N2O2. The minimum absolute atomic E-state index is 0.0411. The first-order valence-corrected chi connectivity index (χ1v) is 7.52. The third kappa shape index (κ3) is 2.88. The summed E-state index contributed by atoms with van der Waals surface area (Å²) < 4.78 is 5.74. The first-order valence-electron chi connectivity index (χ1n) is 7.52. The molecule has 2 aliphatic rings. The van der Waals surface area contributed by atoms with E-state index < -0.39 is 0 Å². The van der Waals surface area contributed by atoms with Gasteiger partial charge in [0.25, 0.3) is 0 Å². The molecule has 1 N–H and O–H groups in total. The summed E-state index contributed by atoms with van der Waals surface area (Å²) in [5.74, 6) is 0. The van der Waals surface area contributed by atoms with Crippen LogP contribution in [0.25, 0.3) is 0 Å². The Hall–Kier alpha value is -0.770. The van der Waals surface area contributed by atoms with Crippen molar-refractivity contribution in [3.63, 3.8) is 0 Å². The summed E-state index contributed by atoms with van der Waals surface area (Å²) in [6, 6.07) is 0.0411. The molecule has 0 aromatic heterocycles. The molecule has 2 rings (SSSR count). The summed E-state index contributed by atoms with van der Waals surface area (Å²) in [5, 5.41) is 2.96. The molecule has 0 atom stereocenters. The third-order valence-corrected chi connectivity index (χ3v) is 5.16. The monoisotopic (exact) mass is 268 g/mol. The van der Waals surface area contributed by atoms with Crippen LogP contribution in [0.15, 0.2) is 0 Å². The van der Waals surface area contributed by atoms with Crippen LogP contribution in [0.2, 0.25) is 0 Å². The number of hydrogen-bond donors (Lipinski definition) is 1. The molecule has 19 heavy (non-hydrogen) atoms. The summed E-state index contributed by atoms with van der Waals surface area (Å²) >= 11 is 0. The lowest BCUT2D eigenvalue weighted by Gasteiger charge is -2.61. The van der Waals surface area contributed by atoms with Crippen molar-refractivity contribution >= 4 is 6.03 Å². The molecule has 0 radical (unpaired) electrons. The van der Waals surface area contributed by atoms with Crippen molar-refractivity contribution in [2.24, 2.45) is 5.41 Å². The van der Waals surface area contributed by atoms with Crippen LogP contribution in [0.5, 0.6) is 0 Å². The zero-order valence-corrected chi connectivity index (χ0v) is 12.8. The van der Waals surface area contributed by atoms with Crippen molar-refractivity contribution in [1.82, 2.24) is 10.2 Å². The Morgan fingerprint density at radius 1 is 1.26 bits per heavy atom.